The molecule has 1 saturated carbocycles. The van der Waals surface area contributed by atoms with E-state index in [4.69, 9.17) is 15.0 Å². The van der Waals surface area contributed by atoms with Crippen molar-refractivity contribution in [2.45, 2.75) is 55.4 Å². The molecule has 10 heteroatoms. The highest BCUT2D eigenvalue weighted by atomic mass is 32.2. The molecule has 7 rings (SSSR count). The number of hydrogen-bond donors (Lipinski definition) is 2. The van der Waals surface area contributed by atoms with Gasteiger partial charge in [-0.05, 0) is 50.5 Å². The highest BCUT2D eigenvalue weighted by Gasteiger charge is 2.43. The molecule has 3 unspecified atom stereocenters. The van der Waals surface area contributed by atoms with Gasteiger partial charge < -0.3 is 20.2 Å². The van der Waals surface area contributed by atoms with Crippen LogP contribution >= 0.6 is 0 Å². The Morgan fingerprint density at radius 1 is 0.971 bits per heavy atom. The first-order valence-corrected chi connectivity index (χ1v) is 14.0. The van der Waals surface area contributed by atoms with Crippen molar-refractivity contribution in [1.29, 1.82) is 0 Å². The number of hydrogen-bond acceptors (Lipinski definition) is 9. The predicted octanol–water partition coefficient (Wildman–Crippen LogP) is 1.32. The van der Waals surface area contributed by atoms with Gasteiger partial charge in [-0.3, -0.25) is 4.21 Å². The van der Waals surface area contributed by atoms with Crippen LogP contribution in [0.5, 0.6) is 0 Å². The molecular weight excluding hydrogens is 450 g/mol. The Morgan fingerprint density at radius 3 is 2.32 bits per heavy atom. The van der Waals surface area contributed by atoms with Gasteiger partial charge in [-0.1, -0.05) is 0 Å². The third-order valence-corrected chi connectivity index (χ3v) is 10.1. The fraction of sp³-hybridized carbons (Fsp3) is 0.667. The first kappa shape index (κ1) is 21.0. The minimum Gasteiger partial charge on any atom is -0.394 e. The molecule has 0 bridgehead atoms. The zero-order valence-corrected chi connectivity index (χ0v) is 20.2. The van der Waals surface area contributed by atoms with Gasteiger partial charge in [0.1, 0.15) is 10.7 Å². The van der Waals surface area contributed by atoms with E-state index < -0.39 is 10.8 Å². The van der Waals surface area contributed by atoms with Crippen molar-refractivity contribution in [1.82, 2.24) is 19.9 Å². The largest absolute Gasteiger partial charge is 0.394 e. The lowest BCUT2D eigenvalue weighted by Gasteiger charge is -2.42. The van der Waals surface area contributed by atoms with Crippen molar-refractivity contribution in [3.05, 3.63) is 23.1 Å². The molecule has 3 fully saturated rings. The Hall–Kier alpha value is -2.33. The maximum Gasteiger partial charge on any atom is 0.227 e. The average Bonchev–Trinajstić information content (AvgIpc) is 3.36. The van der Waals surface area contributed by atoms with Gasteiger partial charge in [0.05, 0.1) is 28.6 Å². The van der Waals surface area contributed by atoms with E-state index in [0.717, 1.165) is 93.6 Å². The fourth-order valence-electron chi connectivity index (χ4n) is 6.17. The molecule has 3 aliphatic heterocycles. The molecule has 5 heterocycles. The fourth-order valence-corrected chi connectivity index (χ4v) is 7.51. The third kappa shape index (κ3) is 3.32. The summed E-state index contributed by atoms with van der Waals surface area (Å²) < 4.78 is 12.9. The number of aryl methyl sites for hydroxylation is 3. The quantitative estimate of drug-likeness (QED) is 0.654. The zero-order valence-electron chi connectivity index (χ0n) is 19.4. The van der Waals surface area contributed by atoms with E-state index >= 15 is 0 Å². The first-order chi connectivity index (χ1) is 16.6. The number of aromatic nitrogens is 4. The van der Waals surface area contributed by atoms with E-state index in [1.54, 1.807) is 0 Å². The van der Waals surface area contributed by atoms with E-state index in [0.29, 0.717) is 23.4 Å². The van der Waals surface area contributed by atoms with Gasteiger partial charge >= 0.3 is 0 Å². The number of aliphatic hydroxyl groups excluding tert-OH is 1. The average molecular weight is 482 g/mol. The number of nitrogens with one attached hydrogen (secondary N) is 1. The Balaban J connectivity index is 1.13. The van der Waals surface area contributed by atoms with Crippen LogP contribution in [-0.4, -0.2) is 73.3 Å². The van der Waals surface area contributed by atoms with E-state index in [-0.39, 0.29) is 12.1 Å². The molecule has 9 nitrogen and oxygen atoms in total. The first-order valence-electron chi connectivity index (χ1n) is 12.6. The van der Waals surface area contributed by atoms with Gasteiger partial charge in [0.15, 0.2) is 0 Å². The molecule has 0 spiro atoms. The summed E-state index contributed by atoms with van der Waals surface area (Å²) in [6.45, 7) is 3.83. The van der Waals surface area contributed by atoms with Gasteiger partial charge in [0, 0.05) is 55.7 Å². The van der Waals surface area contributed by atoms with Gasteiger partial charge in [-0.15, -0.1) is 0 Å². The van der Waals surface area contributed by atoms with Crippen LogP contribution in [0, 0.1) is 11.8 Å². The summed E-state index contributed by atoms with van der Waals surface area (Å²) in [5.41, 5.74) is 3.10. The van der Waals surface area contributed by atoms with Crippen molar-refractivity contribution >= 4 is 28.5 Å². The Morgan fingerprint density at radius 2 is 1.71 bits per heavy atom. The van der Waals surface area contributed by atoms with E-state index in [9.17, 15) is 9.32 Å². The molecule has 2 aromatic heterocycles. The summed E-state index contributed by atoms with van der Waals surface area (Å²) in [5.74, 6) is 4.04. The van der Waals surface area contributed by atoms with Crippen molar-refractivity contribution in [3.8, 4) is 0 Å². The lowest BCUT2D eigenvalue weighted by Crippen LogP contribution is -2.49. The molecule has 34 heavy (non-hydrogen) atoms. The second-order valence-corrected chi connectivity index (χ2v) is 12.2. The lowest BCUT2D eigenvalue weighted by atomic mass is 9.77. The molecule has 2 aromatic rings. The second-order valence-electron chi connectivity index (χ2n) is 10.7. The lowest BCUT2D eigenvalue weighted by molar-refractivity contribution is 0.143. The minimum atomic E-state index is -1.09. The maximum absolute atomic E-state index is 12.9. The Kier molecular flexibility index (Phi) is 4.84. The molecule has 2 aliphatic carbocycles. The number of rotatable bonds is 5. The van der Waals surface area contributed by atoms with Crippen LogP contribution in [0.3, 0.4) is 0 Å². The van der Waals surface area contributed by atoms with Gasteiger partial charge in [-0.2, -0.15) is 4.98 Å². The molecule has 2 N–H and O–H groups in total. The highest BCUT2D eigenvalue weighted by Crippen LogP contribution is 2.40. The van der Waals surface area contributed by atoms with Crippen molar-refractivity contribution in [3.63, 3.8) is 0 Å². The molecule has 180 valence electrons. The SMILES string of the molecule is O=S1CCCc2nc(N3CC4CN(c5ncc6c(n5)CC6)CC4C3)nc(NC3(CO)CCC3)c21. The van der Waals surface area contributed by atoms with Crippen molar-refractivity contribution < 1.29 is 9.32 Å². The van der Waals surface area contributed by atoms with E-state index in [1.165, 1.54) is 11.3 Å². The molecule has 0 radical (unpaired) electrons. The summed E-state index contributed by atoms with van der Waals surface area (Å²) >= 11 is 0. The Labute approximate surface area is 201 Å². The summed E-state index contributed by atoms with van der Waals surface area (Å²) in [7, 11) is -1.09. The van der Waals surface area contributed by atoms with Crippen LogP contribution in [0.1, 0.15) is 42.6 Å². The highest BCUT2D eigenvalue weighted by molar-refractivity contribution is 7.85. The summed E-state index contributed by atoms with van der Waals surface area (Å²) in [5, 5.41) is 13.5. The van der Waals surface area contributed by atoms with Crippen LogP contribution < -0.4 is 15.1 Å². The van der Waals surface area contributed by atoms with Gasteiger partial charge in [0.25, 0.3) is 0 Å². The Bertz CT molecular complexity index is 1150. The minimum absolute atomic E-state index is 0.0716. The zero-order chi connectivity index (χ0) is 22.9. The number of aliphatic hydroxyl groups is 1. The number of nitrogens with zero attached hydrogens (tertiary/aromatic N) is 6. The van der Waals surface area contributed by atoms with E-state index in [1.807, 2.05) is 6.20 Å². The maximum atomic E-state index is 12.9. The molecular formula is C24H31N7O2S. The third-order valence-electron chi connectivity index (χ3n) is 8.52. The van der Waals surface area contributed by atoms with Crippen molar-refractivity contribution in [2.75, 3.05) is 53.7 Å². The molecule has 2 saturated heterocycles. The standard InChI is InChI=1S/C24H31N7O2S/c32-14-24(6-2-7-24)29-21-20-19(3-1-8-34(20)33)27-23(28-21)31-12-16-10-30(11-17(16)13-31)22-25-9-15-4-5-18(15)26-22/h9,16-17,32H,1-8,10-14H2,(H,27,28,29). The molecule has 5 aliphatic rings. The van der Waals surface area contributed by atoms with Crippen LogP contribution in [0.4, 0.5) is 17.7 Å². The van der Waals surface area contributed by atoms with Crippen LogP contribution in [-0.2, 0) is 30.1 Å². The monoisotopic (exact) mass is 481 g/mol. The smallest absolute Gasteiger partial charge is 0.227 e. The second kappa shape index (κ2) is 7.84. The number of anilines is 3. The van der Waals surface area contributed by atoms with Crippen LogP contribution in [0.25, 0.3) is 0 Å². The summed E-state index contributed by atoms with van der Waals surface area (Å²) in [6.07, 6.45) is 8.84. The van der Waals surface area contributed by atoms with E-state index in [2.05, 4.69) is 20.1 Å². The normalized spacial score (nSPS) is 28.6. The van der Waals surface area contributed by atoms with Crippen LogP contribution in [0.2, 0.25) is 0 Å². The molecule has 3 atom stereocenters. The van der Waals surface area contributed by atoms with Crippen LogP contribution in [0.15, 0.2) is 11.1 Å². The van der Waals surface area contributed by atoms with Gasteiger partial charge in [-0.25, -0.2) is 15.0 Å². The topological polar surface area (TPSA) is 107 Å². The molecule has 0 aromatic carbocycles. The predicted molar refractivity (Wildman–Crippen MR) is 130 cm³/mol. The van der Waals surface area contributed by atoms with Gasteiger partial charge in [0.2, 0.25) is 11.9 Å². The number of fused-ring (bicyclic) bond motifs is 3. The summed E-state index contributed by atoms with van der Waals surface area (Å²) in [6, 6.07) is 0. The molecule has 0 amide bonds. The van der Waals surface area contributed by atoms with Crippen molar-refractivity contribution in [2.24, 2.45) is 11.8 Å². The summed E-state index contributed by atoms with van der Waals surface area (Å²) in [4.78, 5) is 24.7.